The van der Waals surface area contributed by atoms with Gasteiger partial charge >= 0.3 is 0 Å². The van der Waals surface area contributed by atoms with Crippen LogP contribution < -0.4 is 5.56 Å². The predicted octanol–water partition coefficient (Wildman–Crippen LogP) is 5.52. The first-order chi connectivity index (χ1) is 15.0. The lowest BCUT2D eigenvalue weighted by molar-refractivity contribution is 0.318. The number of thioether (sulfide) groups is 1. The molecule has 2 aromatic carbocycles. The molecule has 0 spiro atoms. The molecule has 0 unspecified atom stereocenters. The van der Waals surface area contributed by atoms with Crippen molar-refractivity contribution >= 4 is 44.9 Å². The fourth-order valence-corrected chi connectivity index (χ4v) is 6.23. The number of thiophene rings is 1. The predicted molar refractivity (Wildman–Crippen MR) is 126 cm³/mol. The fourth-order valence-electron chi connectivity index (χ4n) is 3.79. The van der Waals surface area contributed by atoms with Gasteiger partial charge in [0.25, 0.3) is 5.56 Å². The Balaban J connectivity index is 1.65. The van der Waals surface area contributed by atoms with E-state index in [1.165, 1.54) is 28.8 Å². The first-order valence-electron chi connectivity index (χ1n) is 9.88. The molecule has 0 N–H and O–H groups in total. The van der Waals surface area contributed by atoms with Gasteiger partial charge in [-0.1, -0.05) is 35.5 Å². The molecule has 2 aromatic heterocycles. The Labute approximate surface area is 192 Å². The highest BCUT2D eigenvalue weighted by Gasteiger charge is 2.24. The molecule has 1 aliphatic rings. The summed E-state index contributed by atoms with van der Waals surface area (Å²) in [6.07, 6.45) is 0.853. The van der Waals surface area contributed by atoms with Crippen LogP contribution in [0.3, 0.4) is 0 Å². The third-order valence-corrected chi connectivity index (χ3v) is 7.77. The third kappa shape index (κ3) is 4.03. The molecule has 0 fully saturated rings. The molecule has 158 valence electrons. The molecule has 0 saturated heterocycles. The highest BCUT2D eigenvalue weighted by molar-refractivity contribution is 7.98. The molecule has 0 aliphatic carbocycles. The Bertz CT molecular complexity index is 1320. The molecule has 4 aromatic rings. The minimum Gasteiger partial charge on any atom is -0.301 e. The summed E-state index contributed by atoms with van der Waals surface area (Å²) in [6.45, 7) is 1.77. The highest BCUT2D eigenvalue weighted by atomic mass is 35.5. The van der Waals surface area contributed by atoms with Crippen molar-refractivity contribution in [1.29, 1.82) is 0 Å². The van der Waals surface area contributed by atoms with Crippen LogP contribution in [0.2, 0.25) is 5.02 Å². The molecule has 0 saturated carbocycles. The van der Waals surface area contributed by atoms with Crippen molar-refractivity contribution < 1.29 is 4.39 Å². The molecule has 8 heteroatoms. The number of halogens is 2. The van der Waals surface area contributed by atoms with Gasteiger partial charge in [-0.25, -0.2) is 9.37 Å². The van der Waals surface area contributed by atoms with Gasteiger partial charge in [0.1, 0.15) is 10.6 Å². The number of hydrogen-bond donors (Lipinski definition) is 0. The van der Waals surface area contributed by atoms with Crippen molar-refractivity contribution in [3.8, 4) is 5.69 Å². The summed E-state index contributed by atoms with van der Waals surface area (Å²) < 4.78 is 14.9. The van der Waals surface area contributed by atoms with E-state index in [9.17, 15) is 9.18 Å². The summed E-state index contributed by atoms with van der Waals surface area (Å²) in [6, 6.07) is 13.6. The average molecular weight is 472 g/mol. The lowest BCUT2D eigenvalue weighted by atomic mass is 10.1. The lowest BCUT2D eigenvalue weighted by Gasteiger charge is -2.21. The average Bonchev–Trinajstić information content (AvgIpc) is 3.12. The van der Waals surface area contributed by atoms with E-state index in [0.29, 0.717) is 15.9 Å². The molecule has 3 heterocycles. The van der Waals surface area contributed by atoms with Crippen LogP contribution in [0.25, 0.3) is 15.9 Å². The molecule has 0 bridgehead atoms. The van der Waals surface area contributed by atoms with Gasteiger partial charge in [0, 0.05) is 28.7 Å². The summed E-state index contributed by atoms with van der Waals surface area (Å²) in [5.41, 5.74) is 2.79. The Kier molecular flexibility index (Phi) is 5.60. The van der Waals surface area contributed by atoms with Crippen LogP contribution in [-0.4, -0.2) is 28.0 Å². The maximum Gasteiger partial charge on any atom is 0.267 e. The van der Waals surface area contributed by atoms with Crippen LogP contribution in [0.5, 0.6) is 0 Å². The van der Waals surface area contributed by atoms with Gasteiger partial charge in [0.15, 0.2) is 5.16 Å². The molecular weight excluding hydrogens is 453 g/mol. The Morgan fingerprint density at radius 1 is 1.16 bits per heavy atom. The van der Waals surface area contributed by atoms with Crippen LogP contribution in [0.1, 0.15) is 16.0 Å². The molecule has 5 rings (SSSR count). The topological polar surface area (TPSA) is 38.1 Å². The summed E-state index contributed by atoms with van der Waals surface area (Å²) in [5, 5.41) is 1.97. The Morgan fingerprint density at radius 2 is 1.90 bits per heavy atom. The van der Waals surface area contributed by atoms with Gasteiger partial charge < -0.3 is 4.90 Å². The first-order valence-corrected chi connectivity index (χ1v) is 12.1. The van der Waals surface area contributed by atoms with Gasteiger partial charge in [-0.3, -0.25) is 9.36 Å². The zero-order chi connectivity index (χ0) is 21.5. The number of nitrogens with zero attached hydrogens (tertiary/aromatic N) is 3. The standard InChI is InChI=1S/C23H19ClFN3OS2/c1-27-11-10-18-19(12-27)31-21-20(18)22(29)28(17-8-4-15(24)5-9-17)23(26-21)30-13-14-2-6-16(25)7-3-14/h2-9H,10-13H2,1H3. The number of benzene rings is 2. The quantitative estimate of drug-likeness (QED) is 0.290. The second kappa shape index (κ2) is 8.39. The van der Waals surface area contributed by atoms with Crippen molar-refractivity contribution in [2.24, 2.45) is 0 Å². The molecule has 31 heavy (non-hydrogen) atoms. The SMILES string of the molecule is CN1CCc2c(sc3nc(SCc4ccc(F)cc4)n(-c4ccc(Cl)cc4)c(=O)c23)C1. The molecule has 4 nitrogen and oxygen atoms in total. The number of likely N-dealkylation sites (N-methyl/N-ethyl adjacent to an activating group) is 1. The second-order valence-corrected chi connectivity index (χ2v) is 10.1. The van der Waals surface area contributed by atoms with E-state index in [-0.39, 0.29) is 11.4 Å². The van der Waals surface area contributed by atoms with Gasteiger partial charge in [-0.05, 0) is 61.0 Å². The Hall–Kier alpha value is -2.19. The van der Waals surface area contributed by atoms with Crippen LogP contribution in [-0.2, 0) is 18.7 Å². The monoisotopic (exact) mass is 471 g/mol. The zero-order valence-corrected chi connectivity index (χ0v) is 19.2. The Morgan fingerprint density at radius 3 is 2.65 bits per heavy atom. The van der Waals surface area contributed by atoms with Crippen molar-refractivity contribution in [2.75, 3.05) is 13.6 Å². The minimum atomic E-state index is -0.263. The lowest BCUT2D eigenvalue weighted by Crippen LogP contribution is -2.27. The maximum atomic E-state index is 13.7. The second-order valence-electron chi connectivity index (χ2n) is 7.60. The van der Waals surface area contributed by atoms with Gasteiger partial charge in [-0.2, -0.15) is 0 Å². The van der Waals surface area contributed by atoms with Crippen LogP contribution >= 0.6 is 34.7 Å². The largest absolute Gasteiger partial charge is 0.301 e. The molecular formula is C23H19ClFN3OS2. The summed E-state index contributed by atoms with van der Waals surface area (Å²) in [4.78, 5) is 22.9. The van der Waals surface area contributed by atoms with Crippen LogP contribution in [0.4, 0.5) is 4.39 Å². The van der Waals surface area contributed by atoms with Gasteiger partial charge in [0.05, 0.1) is 11.1 Å². The smallest absolute Gasteiger partial charge is 0.267 e. The third-order valence-electron chi connectivity index (χ3n) is 5.40. The van der Waals surface area contributed by atoms with Crippen molar-refractivity contribution in [3.05, 3.63) is 85.7 Å². The van der Waals surface area contributed by atoms with E-state index in [4.69, 9.17) is 16.6 Å². The van der Waals surface area contributed by atoms with E-state index in [1.54, 1.807) is 40.2 Å². The van der Waals surface area contributed by atoms with Gasteiger partial charge in [-0.15, -0.1) is 11.3 Å². The highest BCUT2D eigenvalue weighted by Crippen LogP contribution is 2.34. The van der Waals surface area contributed by atoms with Crippen molar-refractivity contribution in [2.45, 2.75) is 23.9 Å². The van der Waals surface area contributed by atoms with E-state index < -0.39 is 0 Å². The number of hydrogen-bond acceptors (Lipinski definition) is 5. The first kappa shape index (κ1) is 20.7. The molecule has 0 radical (unpaired) electrons. The van der Waals surface area contributed by atoms with Gasteiger partial charge in [0.2, 0.25) is 0 Å². The van der Waals surface area contributed by atoms with E-state index in [2.05, 4.69) is 11.9 Å². The molecule has 0 amide bonds. The van der Waals surface area contributed by atoms with E-state index >= 15 is 0 Å². The van der Waals surface area contributed by atoms with Crippen molar-refractivity contribution in [3.63, 3.8) is 0 Å². The number of aromatic nitrogens is 2. The summed E-state index contributed by atoms with van der Waals surface area (Å²) >= 11 is 9.16. The van der Waals surface area contributed by atoms with Crippen LogP contribution in [0.15, 0.2) is 58.5 Å². The minimum absolute atomic E-state index is 0.0454. The normalized spacial score (nSPS) is 14.2. The fraction of sp³-hybridized carbons (Fsp3) is 0.217. The van der Waals surface area contributed by atoms with E-state index in [1.807, 2.05) is 12.1 Å². The van der Waals surface area contributed by atoms with E-state index in [0.717, 1.165) is 46.5 Å². The molecule has 0 atom stereocenters. The maximum absolute atomic E-state index is 13.7. The summed E-state index contributed by atoms with van der Waals surface area (Å²) in [5.74, 6) is 0.320. The number of rotatable bonds is 4. The van der Waals surface area contributed by atoms with Crippen LogP contribution in [0, 0.1) is 5.82 Å². The van der Waals surface area contributed by atoms with Crippen molar-refractivity contribution in [1.82, 2.24) is 14.5 Å². The zero-order valence-electron chi connectivity index (χ0n) is 16.8. The molecule has 1 aliphatic heterocycles. The number of fused-ring (bicyclic) bond motifs is 3. The summed E-state index contributed by atoms with van der Waals surface area (Å²) in [7, 11) is 2.09.